The third-order valence-electron chi connectivity index (χ3n) is 2.94. The number of fused-ring (bicyclic) bond motifs is 1. The molecule has 0 aliphatic heterocycles. The Morgan fingerprint density at radius 2 is 1.95 bits per heavy atom. The lowest BCUT2D eigenvalue weighted by Crippen LogP contribution is -2.12. The standard InChI is InChI=1S/C16H14N2O3/c19-16(8-9-20-12-4-2-1-3-5-12)21-13-6-7-14-15(10-13)18-11-17-14/h1-7,10-11H,8-9H2,(H,17,18). The monoisotopic (exact) mass is 282 g/mol. The summed E-state index contributed by atoms with van der Waals surface area (Å²) < 4.78 is 10.7. The number of carbonyl (C=O) groups is 1. The van der Waals surface area contributed by atoms with E-state index in [0.29, 0.717) is 5.75 Å². The molecule has 21 heavy (non-hydrogen) atoms. The summed E-state index contributed by atoms with van der Waals surface area (Å²) in [5, 5.41) is 0. The van der Waals surface area contributed by atoms with Crippen molar-refractivity contribution in [3.05, 3.63) is 54.9 Å². The van der Waals surface area contributed by atoms with Gasteiger partial charge in [0.1, 0.15) is 11.5 Å². The van der Waals surface area contributed by atoms with Crippen molar-refractivity contribution in [2.75, 3.05) is 6.61 Å². The first-order chi connectivity index (χ1) is 10.3. The van der Waals surface area contributed by atoms with E-state index in [1.165, 1.54) is 0 Å². The minimum atomic E-state index is -0.329. The van der Waals surface area contributed by atoms with Gasteiger partial charge in [-0.05, 0) is 24.3 Å². The second kappa shape index (κ2) is 6.09. The number of aromatic nitrogens is 2. The Kier molecular flexibility index (Phi) is 3.82. The molecule has 0 atom stereocenters. The number of para-hydroxylation sites is 1. The van der Waals surface area contributed by atoms with Crippen LogP contribution < -0.4 is 9.47 Å². The zero-order valence-corrected chi connectivity index (χ0v) is 11.3. The Hall–Kier alpha value is -2.82. The molecule has 0 amide bonds. The van der Waals surface area contributed by atoms with Crippen LogP contribution in [0.1, 0.15) is 6.42 Å². The number of nitrogens with one attached hydrogen (secondary N) is 1. The highest BCUT2D eigenvalue weighted by Gasteiger charge is 2.07. The Morgan fingerprint density at radius 1 is 1.10 bits per heavy atom. The minimum absolute atomic E-state index is 0.190. The van der Waals surface area contributed by atoms with Crippen molar-refractivity contribution < 1.29 is 14.3 Å². The predicted molar refractivity (Wildman–Crippen MR) is 78.3 cm³/mol. The van der Waals surface area contributed by atoms with Gasteiger partial charge in [0, 0.05) is 6.07 Å². The van der Waals surface area contributed by atoms with Crippen molar-refractivity contribution in [1.82, 2.24) is 9.97 Å². The molecule has 0 aliphatic carbocycles. The summed E-state index contributed by atoms with van der Waals surface area (Å²) in [6, 6.07) is 14.6. The summed E-state index contributed by atoms with van der Waals surface area (Å²) in [5.74, 6) is 0.908. The van der Waals surface area contributed by atoms with E-state index in [9.17, 15) is 4.79 Å². The van der Waals surface area contributed by atoms with Crippen LogP contribution in [-0.4, -0.2) is 22.5 Å². The lowest BCUT2D eigenvalue weighted by molar-refractivity contribution is -0.134. The number of esters is 1. The maximum absolute atomic E-state index is 11.7. The van der Waals surface area contributed by atoms with Gasteiger partial charge >= 0.3 is 5.97 Å². The van der Waals surface area contributed by atoms with E-state index < -0.39 is 0 Å². The number of ether oxygens (including phenoxy) is 2. The Bertz CT molecular complexity index is 737. The quantitative estimate of drug-likeness (QED) is 0.577. The smallest absolute Gasteiger partial charge is 0.314 e. The second-order valence-corrected chi connectivity index (χ2v) is 4.47. The van der Waals surface area contributed by atoms with Gasteiger partial charge in [0.25, 0.3) is 0 Å². The fourth-order valence-corrected chi connectivity index (χ4v) is 1.93. The van der Waals surface area contributed by atoms with Gasteiger partial charge in [-0.25, -0.2) is 4.98 Å². The van der Waals surface area contributed by atoms with E-state index in [1.807, 2.05) is 30.3 Å². The van der Waals surface area contributed by atoms with Gasteiger partial charge in [0.2, 0.25) is 0 Å². The number of hydrogen-bond acceptors (Lipinski definition) is 4. The van der Waals surface area contributed by atoms with Gasteiger partial charge in [-0.3, -0.25) is 4.79 Å². The van der Waals surface area contributed by atoms with Gasteiger partial charge in [0.05, 0.1) is 30.4 Å². The number of benzene rings is 2. The van der Waals surface area contributed by atoms with Gasteiger partial charge in [-0.1, -0.05) is 18.2 Å². The van der Waals surface area contributed by atoms with Crippen molar-refractivity contribution in [3.63, 3.8) is 0 Å². The van der Waals surface area contributed by atoms with Crippen LogP contribution >= 0.6 is 0 Å². The summed E-state index contributed by atoms with van der Waals surface area (Å²) in [6.07, 6.45) is 1.79. The Morgan fingerprint density at radius 3 is 2.81 bits per heavy atom. The predicted octanol–water partition coefficient (Wildman–Crippen LogP) is 2.94. The highest BCUT2D eigenvalue weighted by atomic mass is 16.5. The number of carbonyl (C=O) groups excluding carboxylic acids is 1. The SMILES string of the molecule is O=C(CCOc1ccccc1)Oc1ccc2nc[nH]c2c1. The molecule has 2 aromatic carbocycles. The molecule has 0 bridgehead atoms. The summed E-state index contributed by atoms with van der Waals surface area (Å²) >= 11 is 0. The molecule has 1 N–H and O–H groups in total. The molecule has 3 aromatic rings. The molecule has 5 nitrogen and oxygen atoms in total. The third kappa shape index (κ3) is 3.39. The Balaban J connectivity index is 1.51. The van der Waals surface area contributed by atoms with E-state index in [1.54, 1.807) is 24.5 Å². The molecule has 0 saturated carbocycles. The lowest BCUT2D eigenvalue weighted by atomic mass is 10.3. The fraction of sp³-hybridized carbons (Fsp3) is 0.125. The molecule has 5 heteroatoms. The molecule has 1 aromatic heterocycles. The summed E-state index contributed by atoms with van der Waals surface area (Å²) in [4.78, 5) is 18.8. The highest BCUT2D eigenvalue weighted by molar-refractivity contribution is 5.78. The van der Waals surface area contributed by atoms with E-state index in [0.717, 1.165) is 16.8 Å². The molecule has 1 heterocycles. The normalized spacial score (nSPS) is 10.5. The van der Waals surface area contributed by atoms with Crippen LogP contribution in [0.4, 0.5) is 0 Å². The zero-order chi connectivity index (χ0) is 14.5. The first kappa shape index (κ1) is 13.2. The third-order valence-corrected chi connectivity index (χ3v) is 2.94. The largest absolute Gasteiger partial charge is 0.493 e. The van der Waals surface area contributed by atoms with Crippen LogP contribution in [0.5, 0.6) is 11.5 Å². The van der Waals surface area contributed by atoms with Crippen LogP contribution in [-0.2, 0) is 4.79 Å². The van der Waals surface area contributed by atoms with Crippen molar-refractivity contribution >= 4 is 17.0 Å². The molecule has 0 spiro atoms. The van der Waals surface area contributed by atoms with Gasteiger partial charge in [-0.15, -0.1) is 0 Å². The average molecular weight is 282 g/mol. The summed E-state index contributed by atoms with van der Waals surface area (Å²) in [5.41, 5.74) is 1.67. The molecule has 0 radical (unpaired) electrons. The topological polar surface area (TPSA) is 64.2 Å². The summed E-state index contributed by atoms with van der Waals surface area (Å²) in [7, 11) is 0. The van der Waals surface area contributed by atoms with E-state index in [-0.39, 0.29) is 19.0 Å². The van der Waals surface area contributed by atoms with E-state index in [4.69, 9.17) is 9.47 Å². The Labute approximate surface area is 121 Å². The molecule has 0 aliphatic rings. The summed E-state index contributed by atoms with van der Waals surface area (Å²) in [6.45, 7) is 0.287. The maximum atomic E-state index is 11.7. The van der Waals surface area contributed by atoms with Crippen LogP contribution in [0.3, 0.4) is 0 Å². The molecular formula is C16H14N2O3. The number of H-pyrrole nitrogens is 1. The number of hydrogen-bond donors (Lipinski definition) is 1. The highest BCUT2D eigenvalue weighted by Crippen LogP contribution is 2.18. The molecule has 0 saturated heterocycles. The number of imidazole rings is 1. The van der Waals surface area contributed by atoms with E-state index >= 15 is 0 Å². The van der Waals surface area contributed by atoms with Crippen molar-refractivity contribution in [3.8, 4) is 11.5 Å². The maximum Gasteiger partial charge on any atom is 0.314 e. The molecule has 106 valence electrons. The first-order valence-electron chi connectivity index (χ1n) is 6.63. The minimum Gasteiger partial charge on any atom is -0.493 e. The molecule has 3 rings (SSSR count). The van der Waals surface area contributed by atoms with Crippen LogP contribution in [0.2, 0.25) is 0 Å². The van der Waals surface area contributed by atoms with Crippen LogP contribution in [0, 0.1) is 0 Å². The van der Waals surface area contributed by atoms with Gasteiger partial charge in [-0.2, -0.15) is 0 Å². The van der Waals surface area contributed by atoms with Crippen molar-refractivity contribution in [2.24, 2.45) is 0 Å². The van der Waals surface area contributed by atoms with Crippen LogP contribution in [0.25, 0.3) is 11.0 Å². The van der Waals surface area contributed by atoms with Gasteiger partial charge < -0.3 is 14.5 Å². The number of aromatic amines is 1. The van der Waals surface area contributed by atoms with Gasteiger partial charge in [0.15, 0.2) is 0 Å². The molecule has 0 fully saturated rings. The lowest BCUT2D eigenvalue weighted by Gasteiger charge is -2.06. The van der Waals surface area contributed by atoms with E-state index in [2.05, 4.69) is 9.97 Å². The second-order valence-electron chi connectivity index (χ2n) is 4.47. The zero-order valence-electron chi connectivity index (χ0n) is 11.3. The average Bonchev–Trinajstić information content (AvgIpc) is 2.96. The number of nitrogens with zero attached hydrogens (tertiary/aromatic N) is 1. The van der Waals surface area contributed by atoms with Crippen molar-refractivity contribution in [2.45, 2.75) is 6.42 Å². The molecule has 0 unspecified atom stereocenters. The molecular weight excluding hydrogens is 268 g/mol. The first-order valence-corrected chi connectivity index (χ1v) is 6.63. The van der Waals surface area contributed by atoms with Crippen LogP contribution in [0.15, 0.2) is 54.9 Å². The van der Waals surface area contributed by atoms with Crippen molar-refractivity contribution in [1.29, 1.82) is 0 Å². The fourth-order valence-electron chi connectivity index (χ4n) is 1.93. The number of rotatable bonds is 5.